The summed E-state index contributed by atoms with van der Waals surface area (Å²) >= 11 is 1.91. The van der Waals surface area contributed by atoms with Crippen LogP contribution in [0.1, 0.15) is 49.6 Å². The molecule has 1 aromatic heterocycles. The number of nitrogens with two attached hydrogens (primary N) is 1. The van der Waals surface area contributed by atoms with Gasteiger partial charge in [-0.05, 0) is 49.6 Å². The summed E-state index contributed by atoms with van der Waals surface area (Å²) in [5.74, 6) is 0. The van der Waals surface area contributed by atoms with E-state index in [-0.39, 0.29) is 5.54 Å². The molecule has 0 bridgehead atoms. The summed E-state index contributed by atoms with van der Waals surface area (Å²) in [6.07, 6.45) is 4.81. The van der Waals surface area contributed by atoms with Gasteiger partial charge in [-0.2, -0.15) is 0 Å². The largest absolute Gasteiger partial charge is 0.378 e. The second-order valence-corrected chi connectivity index (χ2v) is 7.20. The first-order chi connectivity index (χ1) is 9.70. The van der Waals surface area contributed by atoms with E-state index < -0.39 is 0 Å². The molecular weight excluding hydrogens is 268 g/mol. The third-order valence-electron chi connectivity index (χ3n) is 5.25. The second-order valence-electron chi connectivity index (χ2n) is 6.20. The third kappa shape index (κ3) is 2.33. The molecule has 0 saturated carbocycles. The van der Waals surface area contributed by atoms with Crippen LogP contribution in [0.3, 0.4) is 0 Å². The Balaban J connectivity index is 1.86. The molecule has 3 unspecified atom stereocenters. The quantitative estimate of drug-likeness (QED) is 0.931. The lowest BCUT2D eigenvalue weighted by atomic mass is 9.81. The number of fused-ring (bicyclic) bond motifs is 1. The van der Waals surface area contributed by atoms with Crippen LogP contribution in [0.15, 0.2) is 11.4 Å². The fraction of sp³-hybridized carbons (Fsp3) is 0.750. The highest BCUT2D eigenvalue weighted by Gasteiger charge is 2.44. The highest BCUT2D eigenvalue weighted by atomic mass is 32.1. The molecule has 112 valence electrons. The third-order valence-corrected chi connectivity index (χ3v) is 6.25. The van der Waals surface area contributed by atoms with Crippen LogP contribution in [0.5, 0.6) is 0 Å². The molecule has 3 heterocycles. The van der Waals surface area contributed by atoms with Crippen molar-refractivity contribution in [3.63, 3.8) is 0 Å². The average Bonchev–Trinajstić information content (AvgIpc) is 2.97. The van der Waals surface area contributed by atoms with Gasteiger partial charge in [0.25, 0.3) is 0 Å². The fourth-order valence-corrected chi connectivity index (χ4v) is 4.95. The van der Waals surface area contributed by atoms with Crippen molar-refractivity contribution < 1.29 is 4.74 Å². The summed E-state index contributed by atoms with van der Waals surface area (Å²) in [4.78, 5) is 4.24. The Bertz CT molecular complexity index is 461. The van der Waals surface area contributed by atoms with Crippen molar-refractivity contribution in [2.75, 3.05) is 19.7 Å². The van der Waals surface area contributed by atoms with Gasteiger partial charge in [0.2, 0.25) is 0 Å². The van der Waals surface area contributed by atoms with Crippen LogP contribution >= 0.6 is 11.3 Å². The van der Waals surface area contributed by atoms with Gasteiger partial charge in [0.1, 0.15) is 0 Å². The first-order valence-corrected chi connectivity index (χ1v) is 8.73. The number of thiophene rings is 1. The second kappa shape index (κ2) is 5.76. The van der Waals surface area contributed by atoms with E-state index in [1.165, 1.54) is 12.0 Å². The molecule has 3 nitrogen and oxygen atoms in total. The summed E-state index contributed by atoms with van der Waals surface area (Å²) in [5, 5.41) is 2.23. The predicted octanol–water partition coefficient (Wildman–Crippen LogP) is 2.95. The van der Waals surface area contributed by atoms with Crippen LogP contribution in [0.2, 0.25) is 0 Å². The van der Waals surface area contributed by atoms with Crippen LogP contribution in [0, 0.1) is 0 Å². The summed E-state index contributed by atoms with van der Waals surface area (Å²) in [5.41, 5.74) is 7.91. The Labute approximate surface area is 126 Å². The molecular formula is C16H26N2OS. The van der Waals surface area contributed by atoms with Crippen LogP contribution in [-0.4, -0.2) is 36.2 Å². The molecule has 2 aliphatic rings. The number of ether oxygens (including phenoxy) is 1. The summed E-state index contributed by atoms with van der Waals surface area (Å²) < 4.78 is 5.88. The van der Waals surface area contributed by atoms with Crippen molar-refractivity contribution in [2.24, 2.45) is 5.73 Å². The minimum Gasteiger partial charge on any atom is -0.378 e. The first kappa shape index (κ1) is 14.5. The van der Waals surface area contributed by atoms with Gasteiger partial charge in [0.15, 0.2) is 0 Å². The van der Waals surface area contributed by atoms with Crippen LogP contribution < -0.4 is 5.73 Å². The Morgan fingerprint density at radius 2 is 2.40 bits per heavy atom. The molecule has 0 radical (unpaired) electrons. The van der Waals surface area contributed by atoms with E-state index in [1.807, 2.05) is 11.3 Å². The van der Waals surface area contributed by atoms with Gasteiger partial charge in [-0.25, -0.2) is 0 Å². The normalized spacial score (nSPS) is 35.0. The predicted molar refractivity (Wildman–Crippen MR) is 84.2 cm³/mol. The van der Waals surface area contributed by atoms with Gasteiger partial charge in [0.05, 0.1) is 6.10 Å². The lowest BCUT2D eigenvalue weighted by molar-refractivity contribution is -0.0852. The molecule has 4 heteroatoms. The molecule has 1 aromatic rings. The van der Waals surface area contributed by atoms with Crippen molar-refractivity contribution in [3.05, 3.63) is 21.9 Å². The molecule has 1 saturated heterocycles. The number of hydrogen-bond donors (Lipinski definition) is 1. The molecule has 0 aliphatic carbocycles. The zero-order valence-corrected chi connectivity index (χ0v) is 13.4. The molecule has 0 amide bonds. The van der Waals surface area contributed by atoms with Gasteiger partial charge >= 0.3 is 0 Å². The Hall–Kier alpha value is -0.420. The van der Waals surface area contributed by atoms with Gasteiger partial charge in [-0.1, -0.05) is 6.92 Å². The molecule has 3 rings (SSSR count). The standard InChI is InChI=1S/C16H26N2OS/c1-3-13-10-16(11-17,6-8-19-13)18-7-4-15-14(12(18)2)5-9-20-15/h5,9,12-13H,3-4,6-8,10-11,17H2,1-2H3. The lowest BCUT2D eigenvalue weighted by Gasteiger charge is -2.52. The fourth-order valence-electron chi connectivity index (χ4n) is 3.98. The number of nitrogens with zero attached hydrogens (tertiary/aromatic N) is 1. The van der Waals surface area contributed by atoms with E-state index in [9.17, 15) is 0 Å². The minimum absolute atomic E-state index is 0.137. The smallest absolute Gasteiger partial charge is 0.0590 e. The Kier molecular flexibility index (Phi) is 4.18. The zero-order chi connectivity index (χ0) is 14.2. The first-order valence-electron chi connectivity index (χ1n) is 7.85. The highest BCUT2D eigenvalue weighted by molar-refractivity contribution is 7.10. The van der Waals surface area contributed by atoms with Crippen molar-refractivity contribution in [2.45, 2.75) is 57.2 Å². The van der Waals surface area contributed by atoms with Crippen molar-refractivity contribution in [1.29, 1.82) is 0 Å². The maximum absolute atomic E-state index is 6.25. The number of rotatable bonds is 3. The maximum Gasteiger partial charge on any atom is 0.0590 e. The molecule has 0 spiro atoms. The summed E-state index contributed by atoms with van der Waals surface area (Å²) in [6.45, 7) is 7.31. The van der Waals surface area contributed by atoms with E-state index in [4.69, 9.17) is 10.5 Å². The van der Waals surface area contributed by atoms with Gasteiger partial charge < -0.3 is 10.5 Å². The van der Waals surface area contributed by atoms with Crippen LogP contribution in [0.25, 0.3) is 0 Å². The molecule has 2 N–H and O–H groups in total. The van der Waals surface area contributed by atoms with Gasteiger partial charge in [-0.15, -0.1) is 11.3 Å². The highest BCUT2D eigenvalue weighted by Crippen LogP contribution is 2.41. The van der Waals surface area contributed by atoms with Gasteiger partial charge in [-0.3, -0.25) is 4.90 Å². The molecule has 3 atom stereocenters. The van der Waals surface area contributed by atoms with Crippen molar-refractivity contribution >= 4 is 11.3 Å². The maximum atomic E-state index is 6.25. The summed E-state index contributed by atoms with van der Waals surface area (Å²) in [7, 11) is 0. The molecule has 20 heavy (non-hydrogen) atoms. The van der Waals surface area contributed by atoms with E-state index in [1.54, 1.807) is 4.88 Å². The topological polar surface area (TPSA) is 38.5 Å². The van der Waals surface area contributed by atoms with Gasteiger partial charge in [0, 0.05) is 36.2 Å². The van der Waals surface area contributed by atoms with E-state index in [0.717, 1.165) is 39.0 Å². The Morgan fingerprint density at radius 3 is 3.15 bits per heavy atom. The SMILES string of the molecule is CCC1CC(CN)(N2CCc3sccc3C2C)CCO1. The average molecular weight is 294 g/mol. The monoisotopic (exact) mass is 294 g/mol. The minimum atomic E-state index is 0.137. The van der Waals surface area contributed by atoms with E-state index >= 15 is 0 Å². The van der Waals surface area contributed by atoms with Crippen molar-refractivity contribution in [1.82, 2.24) is 4.90 Å². The van der Waals surface area contributed by atoms with Crippen molar-refractivity contribution in [3.8, 4) is 0 Å². The molecule has 2 aliphatic heterocycles. The lowest BCUT2D eigenvalue weighted by Crippen LogP contribution is -2.60. The molecule has 1 fully saturated rings. The number of hydrogen-bond acceptors (Lipinski definition) is 4. The zero-order valence-electron chi connectivity index (χ0n) is 12.6. The van der Waals surface area contributed by atoms with E-state index in [0.29, 0.717) is 12.1 Å². The Morgan fingerprint density at radius 1 is 1.55 bits per heavy atom. The van der Waals surface area contributed by atoms with Crippen LogP contribution in [-0.2, 0) is 11.2 Å². The molecule has 0 aromatic carbocycles. The van der Waals surface area contributed by atoms with E-state index in [2.05, 4.69) is 30.2 Å². The summed E-state index contributed by atoms with van der Waals surface area (Å²) in [6, 6.07) is 2.79. The van der Waals surface area contributed by atoms with Crippen LogP contribution in [0.4, 0.5) is 0 Å².